The normalized spacial score (nSPS) is 29.4. The molecule has 1 rings (SSSR count). The second-order valence-electron chi connectivity index (χ2n) is 3.85. The van der Waals surface area contributed by atoms with Crippen LogP contribution in [-0.2, 0) is 9.84 Å². The van der Waals surface area contributed by atoms with Gasteiger partial charge >= 0.3 is 0 Å². The lowest BCUT2D eigenvalue weighted by molar-refractivity contribution is 0.565. The third-order valence-corrected chi connectivity index (χ3v) is 5.11. The molecule has 0 spiro atoms. The SMILES string of the molecule is CCCCS(=O)(=O)C1CCCC1N. The van der Waals surface area contributed by atoms with Crippen molar-refractivity contribution in [3.05, 3.63) is 0 Å². The number of nitrogens with two attached hydrogens (primary N) is 1. The minimum Gasteiger partial charge on any atom is -0.327 e. The molecule has 2 atom stereocenters. The molecule has 4 heteroatoms. The largest absolute Gasteiger partial charge is 0.327 e. The summed E-state index contributed by atoms with van der Waals surface area (Å²) in [5.41, 5.74) is 5.76. The maximum Gasteiger partial charge on any atom is 0.154 e. The Labute approximate surface area is 80.6 Å². The molecule has 0 aromatic rings. The summed E-state index contributed by atoms with van der Waals surface area (Å²) in [6.45, 7) is 2.00. The summed E-state index contributed by atoms with van der Waals surface area (Å²) in [6, 6.07) is -0.109. The van der Waals surface area contributed by atoms with Crippen LogP contribution in [0.25, 0.3) is 0 Å². The zero-order valence-corrected chi connectivity index (χ0v) is 9.02. The van der Waals surface area contributed by atoms with E-state index in [1.165, 1.54) is 0 Å². The van der Waals surface area contributed by atoms with Crippen LogP contribution < -0.4 is 5.73 Å². The van der Waals surface area contributed by atoms with E-state index in [0.29, 0.717) is 5.75 Å². The van der Waals surface area contributed by atoms with E-state index in [0.717, 1.165) is 32.1 Å². The van der Waals surface area contributed by atoms with Gasteiger partial charge in [0.25, 0.3) is 0 Å². The van der Waals surface area contributed by atoms with Crippen LogP contribution in [-0.4, -0.2) is 25.5 Å². The second-order valence-corrected chi connectivity index (χ2v) is 6.19. The van der Waals surface area contributed by atoms with Gasteiger partial charge in [-0.05, 0) is 19.3 Å². The highest BCUT2D eigenvalue weighted by molar-refractivity contribution is 7.92. The number of hydrogen-bond acceptors (Lipinski definition) is 3. The van der Waals surface area contributed by atoms with Crippen molar-refractivity contribution >= 4 is 9.84 Å². The highest BCUT2D eigenvalue weighted by atomic mass is 32.2. The van der Waals surface area contributed by atoms with E-state index >= 15 is 0 Å². The highest BCUT2D eigenvalue weighted by Gasteiger charge is 2.34. The van der Waals surface area contributed by atoms with Crippen molar-refractivity contribution in [1.82, 2.24) is 0 Å². The molecule has 2 N–H and O–H groups in total. The average Bonchev–Trinajstić information content (AvgIpc) is 2.48. The molecule has 1 saturated carbocycles. The molecule has 0 aromatic carbocycles. The molecule has 0 amide bonds. The van der Waals surface area contributed by atoms with Gasteiger partial charge in [0.15, 0.2) is 9.84 Å². The van der Waals surface area contributed by atoms with E-state index in [-0.39, 0.29) is 11.3 Å². The number of rotatable bonds is 4. The third-order valence-electron chi connectivity index (χ3n) is 2.75. The van der Waals surface area contributed by atoms with Gasteiger partial charge in [0, 0.05) is 6.04 Å². The van der Waals surface area contributed by atoms with Gasteiger partial charge in [-0.3, -0.25) is 0 Å². The van der Waals surface area contributed by atoms with Crippen molar-refractivity contribution in [2.75, 3.05) is 5.75 Å². The predicted octanol–water partition coefficient (Wildman–Crippen LogP) is 1.08. The predicted molar refractivity (Wildman–Crippen MR) is 54.3 cm³/mol. The van der Waals surface area contributed by atoms with E-state index in [1.807, 2.05) is 6.92 Å². The minimum absolute atomic E-state index is 0.109. The van der Waals surface area contributed by atoms with Crippen molar-refractivity contribution in [2.24, 2.45) is 5.73 Å². The molecule has 0 saturated heterocycles. The Hall–Kier alpha value is -0.0900. The Morgan fingerprint density at radius 3 is 2.54 bits per heavy atom. The maximum atomic E-state index is 11.7. The Bertz CT molecular complexity index is 248. The molecular weight excluding hydrogens is 186 g/mol. The van der Waals surface area contributed by atoms with E-state index in [4.69, 9.17) is 5.73 Å². The summed E-state index contributed by atoms with van der Waals surface area (Å²) < 4.78 is 23.4. The molecule has 13 heavy (non-hydrogen) atoms. The van der Waals surface area contributed by atoms with Gasteiger partial charge in [0.1, 0.15) is 0 Å². The first-order chi connectivity index (χ1) is 6.08. The monoisotopic (exact) mass is 205 g/mol. The smallest absolute Gasteiger partial charge is 0.154 e. The fraction of sp³-hybridized carbons (Fsp3) is 1.00. The average molecular weight is 205 g/mol. The Kier molecular flexibility index (Phi) is 3.74. The lowest BCUT2D eigenvalue weighted by Gasteiger charge is -2.15. The van der Waals surface area contributed by atoms with Crippen LogP contribution in [0.3, 0.4) is 0 Å². The van der Waals surface area contributed by atoms with Crippen LogP contribution in [0.15, 0.2) is 0 Å². The first-order valence-electron chi connectivity index (χ1n) is 5.05. The van der Waals surface area contributed by atoms with Crippen molar-refractivity contribution in [3.8, 4) is 0 Å². The van der Waals surface area contributed by atoms with Crippen molar-refractivity contribution < 1.29 is 8.42 Å². The van der Waals surface area contributed by atoms with Crippen molar-refractivity contribution in [1.29, 1.82) is 0 Å². The van der Waals surface area contributed by atoms with Gasteiger partial charge in [-0.1, -0.05) is 19.8 Å². The molecule has 1 fully saturated rings. The lowest BCUT2D eigenvalue weighted by atomic mass is 10.3. The fourth-order valence-corrected chi connectivity index (χ4v) is 4.09. The quantitative estimate of drug-likeness (QED) is 0.747. The van der Waals surface area contributed by atoms with Gasteiger partial charge in [-0.2, -0.15) is 0 Å². The summed E-state index contributed by atoms with van der Waals surface area (Å²) in [5, 5.41) is -0.251. The molecule has 0 aromatic heterocycles. The Balaban J connectivity index is 2.58. The van der Waals surface area contributed by atoms with Gasteiger partial charge in [0.05, 0.1) is 11.0 Å². The molecule has 78 valence electrons. The zero-order chi connectivity index (χ0) is 9.90. The minimum atomic E-state index is -2.90. The van der Waals surface area contributed by atoms with Gasteiger partial charge in [-0.15, -0.1) is 0 Å². The fourth-order valence-electron chi connectivity index (χ4n) is 1.90. The number of hydrogen-bond donors (Lipinski definition) is 1. The lowest BCUT2D eigenvalue weighted by Crippen LogP contribution is -2.37. The Morgan fingerprint density at radius 2 is 2.08 bits per heavy atom. The van der Waals surface area contributed by atoms with Crippen molar-refractivity contribution in [3.63, 3.8) is 0 Å². The van der Waals surface area contributed by atoms with E-state index in [1.54, 1.807) is 0 Å². The van der Waals surface area contributed by atoms with Gasteiger partial charge < -0.3 is 5.73 Å². The molecular formula is C9H19NO2S. The molecule has 0 radical (unpaired) electrons. The third kappa shape index (κ3) is 2.68. The first-order valence-corrected chi connectivity index (χ1v) is 6.76. The topological polar surface area (TPSA) is 60.2 Å². The van der Waals surface area contributed by atoms with Crippen LogP contribution in [0.5, 0.6) is 0 Å². The first kappa shape index (κ1) is 11.0. The number of sulfone groups is 1. The maximum absolute atomic E-state index is 11.7. The van der Waals surface area contributed by atoms with E-state index in [2.05, 4.69) is 0 Å². The van der Waals surface area contributed by atoms with Crippen LogP contribution in [0, 0.1) is 0 Å². The van der Waals surface area contributed by atoms with Gasteiger partial charge in [0.2, 0.25) is 0 Å². The zero-order valence-electron chi connectivity index (χ0n) is 8.20. The van der Waals surface area contributed by atoms with Crippen LogP contribution in [0.2, 0.25) is 0 Å². The summed E-state index contributed by atoms with van der Waals surface area (Å²) in [5.74, 6) is 0.321. The Morgan fingerprint density at radius 1 is 1.38 bits per heavy atom. The molecule has 0 bridgehead atoms. The molecule has 0 aliphatic heterocycles. The summed E-state index contributed by atoms with van der Waals surface area (Å²) in [4.78, 5) is 0. The second kappa shape index (κ2) is 4.42. The highest BCUT2D eigenvalue weighted by Crippen LogP contribution is 2.24. The van der Waals surface area contributed by atoms with Crippen molar-refractivity contribution in [2.45, 2.75) is 50.3 Å². The standard InChI is InChI=1S/C9H19NO2S/c1-2-3-7-13(11,12)9-6-4-5-8(9)10/h8-9H,2-7,10H2,1H3. The molecule has 2 unspecified atom stereocenters. The van der Waals surface area contributed by atoms with Gasteiger partial charge in [-0.25, -0.2) is 8.42 Å². The molecule has 1 aliphatic carbocycles. The molecule has 0 heterocycles. The van der Waals surface area contributed by atoms with E-state index in [9.17, 15) is 8.42 Å². The summed E-state index contributed by atoms with van der Waals surface area (Å²) >= 11 is 0. The molecule has 1 aliphatic rings. The number of unbranched alkanes of at least 4 members (excludes halogenated alkanes) is 1. The van der Waals surface area contributed by atoms with E-state index < -0.39 is 9.84 Å². The summed E-state index contributed by atoms with van der Waals surface area (Å²) in [7, 11) is -2.90. The molecule has 3 nitrogen and oxygen atoms in total. The summed E-state index contributed by atoms with van der Waals surface area (Å²) in [6.07, 6.45) is 4.31. The van der Waals surface area contributed by atoms with Crippen LogP contribution >= 0.6 is 0 Å². The van der Waals surface area contributed by atoms with Crippen LogP contribution in [0.1, 0.15) is 39.0 Å². The van der Waals surface area contributed by atoms with Crippen LogP contribution in [0.4, 0.5) is 0 Å².